The van der Waals surface area contributed by atoms with Crippen molar-refractivity contribution in [3.63, 3.8) is 0 Å². The summed E-state index contributed by atoms with van der Waals surface area (Å²) in [5.41, 5.74) is 2.67. The van der Waals surface area contributed by atoms with E-state index in [1.165, 1.54) is 0 Å². The molecule has 0 spiro atoms. The summed E-state index contributed by atoms with van der Waals surface area (Å²) in [6.45, 7) is 5.31. The summed E-state index contributed by atoms with van der Waals surface area (Å²) in [6.07, 6.45) is 0. The second-order valence-corrected chi connectivity index (χ2v) is 7.04. The number of nitrogens with one attached hydrogen (secondary N) is 1. The molecule has 0 aromatic heterocycles. The Morgan fingerprint density at radius 1 is 1.04 bits per heavy atom. The zero-order valence-corrected chi connectivity index (χ0v) is 15.8. The molecule has 1 amide bonds. The van der Waals surface area contributed by atoms with Crippen LogP contribution in [0.25, 0.3) is 0 Å². The van der Waals surface area contributed by atoms with Gasteiger partial charge < -0.3 is 19.7 Å². The molecule has 1 unspecified atom stereocenters. The van der Waals surface area contributed by atoms with Gasteiger partial charge in [0.05, 0.1) is 6.04 Å². The molecule has 1 heterocycles. The van der Waals surface area contributed by atoms with Crippen molar-refractivity contribution < 1.29 is 14.3 Å². The first kappa shape index (κ1) is 18.1. The smallest absolute Gasteiger partial charge is 0.251 e. The monoisotopic (exact) mass is 354 g/mol. The van der Waals surface area contributed by atoms with E-state index in [9.17, 15) is 4.79 Å². The van der Waals surface area contributed by atoms with Gasteiger partial charge in [-0.2, -0.15) is 0 Å². The maximum Gasteiger partial charge on any atom is 0.251 e. The van der Waals surface area contributed by atoms with Crippen LogP contribution in [0.4, 0.5) is 5.69 Å². The Hall–Kier alpha value is -2.69. The molecule has 2 aromatic rings. The highest BCUT2D eigenvalue weighted by Gasteiger charge is 2.22. The highest BCUT2D eigenvalue weighted by molar-refractivity contribution is 5.95. The second-order valence-electron chi connectivity index (χ2n) is 7.04. The number of anilines is 1. The van der Waals surface area contributed by atoms with Gasteiger partial charge in [-0.3, -0.25) is 4.79 Å². The summed E-state index contributed by atoms with van der Waals surface area (Å²) in [6, 6.07) is 13.4. The lowest BCUT2D eigenvalue weighted by atomic mass is 9.95. The number of hydrogen-bond acceptors (Lipinski definition) is 4. The number of amides is 1. The number of rotatable bonds is 5. The van der Waals surface area contributed by atoms with Gasteiger partial charge in [0, 0.05) is 25.3 Å². The minimum Gasteiger partial charge on any atom is -0.486 e. The Morgan fingerprint density at radius 2 is 1.77 bits per heavy atom. The quantitative estimate of drug-likeness (QED) is 0.890. The molecule has 3 rings (SSSR count). The van der Waals surface area contributed by atoms with E-state index in [4.69, 9.17) is 9.47 Å². The van der Waals surface area contributed by atoms with Gasteiger partial charge >= 0.3 is 0 Å². The number of carbonyl (C=O) groups is 1. The standard InChI is InChI=1S/C21H26N2O3/c1-14(2)20(15-8-9-18-19(13-15)26-11-10-25-18)22-21(24)16-6-5-7-17(12-16)23(3)4/h5-9,12-14,20H,10-11H2,1-4H3,(H,22,24). The Kier molecular flexibility index (Phi) is 5.35. The lowest BCUT2D eigenvalue weighted by molar-refractivity contribution is 0.0925. The van der Waals surface area contributed by atoms with E-state index in [1.54, 1.807) is 0 Å². The van der Waals surface area contributed by atoms with Gasteiger partial charge in [0.25, 0.3) is 5.91 Å². The van der Waals surface area contributed by atoms with E-state index in [-0.39, 0.29) is 17.9 Å². The van der Waals surface area contributed by atoms with Crippen molar-refractivity contribution in [1.82, 2.24) is 5.32 Å². The predicted molar refractivity (Wildman–Crippen MR) is 103 cm³/mol. The van der Waals surface area contributed by atoms with E-state index >= 15 is 0 Å². The molecule has 0 fully saturated rings. The summed E-state index contributed by atoms with van der Waals surface area (Å²) in [7, 11) is 3.92. The molecular formula is C21H26N2O3. The molecule has 138 valence electrons. The fourth-order valence-electron chi connectivity index (χ4n) is 3.04. The third-order valence-electron chi connectivity index (χ3n) is 4.50. The van der Waals surface area contributed by atoms with Crippen molar-refractivity contribution in [3.8, 4) is 11.5 Å². The first-order valence-corrected chi connectivity index (χ1v) is 8.93. The van der Waals surface area contributed by atoms with Gasteiger partial charge in [-0.15, -0.1) is 0 Å². The van der Waals surface area contributed by atoms with Gasteiger partial charge in [0.2, 0.25) is 0 Å². The molecule has 5 heteroatoms. The van der Waals surface area contributed by atoms with E-state index in [0.29, 0.717) is 18.8 Å². The Balaban J connectivity index is 1.83. The molecule has 0 bridgehead atoms. The van der Waals surface area contributed by atoms with Crippen LogP contribution in [0.2, 0.25) is 0 Å². The number of nitrogens with zero attached hydrogens (tertiary/aromatic N) is 1. The minimum atomic E-state index is -0.110. The van der Waals surface area contributed by atoms with Crippen LogP contribution in [0.5, 0.6) is 11.5 Å². The largest absolute Gasteiger partial charge is 0.486 e. The lowest BCUT2D eigenvalue weighted by Crippen LogP contribution is -2.32. The molecule has 1 aliphatic heterocycles. The number of carbonyl (C=O) groups excluding carboxylic acids is 1. The van der Waals surface area contributed by atoms with Crippen LogP contribution in [0.3, 0.4) is 0 Å². The van der Waals surface area contributed by atoms with E-state index in [2.05, 4.69) is 19.2 Å². The number of hydrogen-bond donors (Lipinski definition) is 1. The van der Waals surface area contributed by atoms with Crippen LogP contribution in [-0.2, 0) is 0 Å². The highest BCUT2D eigenvalue weighted by atomic mass is 16.6. The van der Waals surface area contributed by atoms with E-state index < -0.39 is 0 Å². The topological polar surface area (TPSA) is 50.8 Å². The van der Waals surface area contributed by atoms with Crippen molar-refractivity contribution in [3.05, 3.63) is 53.6 Å². The average molecular weight is 354 g/mol. The molecule has 0 saturated heterocycles. The molecule has 0 saturated carbocycles. The number of fused-ring (bicyclic) bond motifs is 1. The summed E-state index contributed by atoms with van der Waals surface area (Å²) < 4.78 is 11.3. The zero-order valence-electron chi connectivity index (χ0n) is 15.8. The summed E-state index contributed by atoms with van der Waals surface area (Å²) in [4.78, 5) is 14.8. The van der Waals surface area contributed by atoms with Gasteiger partial charge in [-0.25, -0.2) is 0 Å². The molecule has 1 aliphatic rings. The normalized spacial score (nSPS) is 14.0. The minimum absolute atomic E-state index is 0.0812. The molecule has 1 atom stereocenters. The third kappa shape index (κ3) is 3.93. The average Bonchev–Trinajstić information content (AvgIpc) is 2.65. The highest BCUT2D eigenvalue weighted by Crippen LogP contribution is 2.34. The van der Waals surface area contributed by atoms with E-state index in [1.807, 2.05) is 61.5 Å². The predicted octanol–water partition coefficient (Wildman–Crippen LogP) is 3.65. The fourth-order valence-corrected chi connectivity index (χ4v) is 3.04. The molecule has 0 aliphatic carbocycles. The van der Waals surface area contributed by atoms with Crippen LogP contribution in [0.15, 0.2) is 42.5 Å². The lowest BCUT2D eigenvalue weighted by Gasteiger charge is -2.25. The van der Waals surface area contributed by atoms with Gasteiger partial charge in [-0.05, 0) is 41.8 Å². The van der Waals surface area contributed by atoms with Crippen molar-refractivity contribution in [2.45, 2.75) is 19.9 Å². The molecular weight excluding hydrogens is 328 g/mol. The molecule has 2 aromatic carbocycles. The van der Waals surface area contributed by atoms with E-state index in [0.717, 1.165) is 22.7 Å². The van der Waals surface area contributed by atoms with Crippen LogP contribution in [-0.4, -0.2) is 33.2 Å². The van der Waals surface area contributed by atoms with Gasteiger partial charge in [0.15, 0.2) is 11.5 Å². The molecule has 0 radical (unpaired) electrons. The Bertz CT molecular complexity index is 787. The van der Waals surface area contributed by atoms with Gasteiger partial charge in [0.1, 0.15) is 13.2 Å². The summed E-state index contributed by atoms with van der Waals surface area (Å²) in [5.74, 6) is 1.65. The Labute approximate surface area is 154 Å². The van der Waals surface area contributed by atoms with Crippen molar-refractivity contribution in [1.29, 1.82) is 0 Å². The zero-order chi connectivity index (χ0) is 18.7. The van der Waals surface area contributed by atoms with Crippen LogP contribution >= 0.6 is 0 Å². The number of ether oxygens (including phenoxy) is 2. The van der Waals surface area contributed by atoms with Crippen LogP contribution < -0.4 is 19.7 Å². The first-order valence-electron chi connectivity index (χ1n) is 8.93. The molecule has 26 heavy (non-hydrogen) atoms. The first-order chi connectivity index (χ1) is 12.5. The maximum atomic E-state index is 12.8. The van der Waals surface area contributed by atoms with Crippen molar-refractivity contribution >= 4 is 11.6 Å². The summed E-state index contributed by atoms with van der Waals surface area (Å²) >= 11 is 0. The fraction of sp³-hybridized carbons (Fsp3) is 0.381. The molecule has 5 nitrogen and oxygen atoms in total. The number of benzene rings is 2. The van der Waals surface area contributed by atoms with Crippen LogP contribution in [0.1, 0.15) is 35.8 Å². The SMILES string of the molecule is CC(C)C(NC(=O)c1cccc(N(C)C)c1)c1ccc2c(c1)OCCO2. The van der Waals surface area contributed by atoms with Gasteiger partial charge in [-0.1, -0.05) is 26.0 Å². The Morgan fingerprint density at radius 3 is 2.46 bits per heavy atom. The second kappa shape index (κ2) is 7.68. The van der Waals surface area contributed by atoms with Crippen molar-refractivity contribution in [2.75, 3.05) is 32.2 Å². The molecule has 1 N–H and O–H groups in total. The third-order valence-corrected chi connectivity index (χ3v) is 4.50. The van der Waals surface area contributed by atoms with Crippen LogP contribution in [0, 0.1) is 5.92 Å². The summed E-state index contributed by atoms with van der Waals surface area (Å²) in [5, 5.41) is 3.17. The maximum absolute atomic E-state index is 12.8. The van der Waals surface area contributed by atoms with Crippen molar-refractivity contribution in [2.24, 2.45) is 5.92 Å².